The Balaban J connectivity index is 1.50. The molecule has 2 heterocycles. The van der Waals surface area contributed by atoms with Gasteiger partial charge in [0.05, 0.1) is 12.0 Å². The monoisotopic (exact) mass is 395 g/mol. The number of amides is 2. The highest BCUT2D eigenvalue weighted by atomic mass is 19.1. The van der Waals surface area contributed by atoms with Crippen LogP contribution in [-0.2, 0) is 9.59 Å². The lowest BCUT2D eigenvalue weighted by molar-refractivity contribution is -0.146. The zero-order valence-electron chi connectivity index (χ0n) is 16.6. The van der Waals surface area contributed by atoms with E-state index in [1.165, 1.54) is 17.8 Å². The molecule has 0 aliphatic carbocycles. The fraction of sp³-hybridized carbons (Fsp3) is 0.391. The van der Waals surface area contributed by atoms with Crippen LogP contribution in [0.5, 0.6) is 0 Å². The molecule has 6 heteroatoms. The van der Waals surface area contributed by atoms with Gasteiger partial charge in [0, 0.05) is 45.3 Å². The molecule has 2 aliphatic heterocycles. The van der Waals surface area contributed by atoms with Gasteiger partial charge in [0.15, 0.2) is 0 Å². The van der Waals surface area contributed by atoms with Gasteiger partial charge < -0.3 is 14.7 Å². The van der Waals surface area contributed by atoms with E-state index in [0.717, 1.165) is 13.1 Å². The highest BCUT2D eigenvalue weighted by molar-refractivity contribution is 5.85. The van der Waals surface area contributed by atoms with Gasteiger partial charge in [-0.05, 0) is 36.2 Å². The fourth-order valence-electron chi connectivity index (χ4n) is 4.50. The molecule has 0 N–H and O–H groups in total. The first-order valence-corrected chi connectivity index (χ1v) is 10.1. The molecule has 0 unspecified atom stereocenters. The molecule has 4 rings (SSSR count). The maximum atomic E-state index is 13.8. The van der Waals surface area contributed by atoms with Crippen LogP contribution in [0.3, 0.4) is 0 Å². The zero-order valence-corrected chi connectivity index (χ0v) is 16.6. The van der Waals surface area contributed by atoms with E-state index in [2.05, 4.69) is 17.0 Å². The van der Waals surface area contributed by atoms with Crippen LogP contribution >= 0.6 is 0 Å². The summed E-state index contributed by atoms with van der Waals surface area (Å²) >= 11 is 0. The molecule has 2 atom stereocenters. The topological polar surface area (TPSA) is 43.9 Å². The summed E-state index contributed by atoms with van der Waals surface area (Å²) in [5.41, 5.74) is 1.85. The maximum Gasteiger partial charge on any atom is 0.228 e. The number of hydrogen-bond donors (Lipinski definition) is 0. The standard InChI is InChI=1S/C23H26FN3O2/c1-25-21(28)11-10-20(22(25)17-6-5-7-18(24)16-17)23(29)27-14-12-26(13-15-27)19-8-3-2-4-9-19/h2-9,16,20,22H,10-15H2,1H3/t20-,22+/m1/s1. The molecule has 0 radical (unpaired) electrons. The molecule has 2 amide bonds. The number of halogens is 1. The van der Waals surface area contributed by atoms with Gasteiger partial charge in [-0.2, -0.15) is 0 Å². The van der Waals surface area contributed by atoms with Gasteiger partial charge in [0.2, 0.25) is 11.8 Å². The summed E-state index contributed by atoms with van der Waals surface area (Å²) in [6, 6.07) is 16.0. The third-order valence-corrected chi connectivity index (χ3v) is 6.08. The van der Waals surface area contributed by atoms with Gasteiger partial charge in [-0.1, -0.05) is 30.3 Å². The summed E-state index contributed by atoms with van der Waals surface area (Å²) in [6.45, 7) is 2.86. The number of likely N-dealkylation sites (tertiary alicyclic amines) is 1. The summed E-state index contributed by atoms with van der Waals surface area (Å²) in [7, 11) is 1.71. The van der Waals surface area contributed by atoms with Crippen molar-refractivity contribution in [3.8, 4) is 0 Å². The van der Waals surface area contributed by atoms with Crippen molar-refractivity contribution in [3.63, 3.8) is 0 Å². The van der Waals surface area contributed by atoms with Gasteiger partial charge in [0.25, 0.3) is 0 Å². The quantitative estimate of drug-likeness (QED) is 0.802. The largest absolute Gasteiger partial charge is 0.368 e. The summed E-state index contributed by atoms with van der Waals surface area (Å²) < 4.78 is 13.8. The van der Waals surface area contributed by atoms with E-state index in [-0.39, 0.29) is 23.5 Å². The van der Waals surface area contributed by atoms with Crippen LogP contribution < -0.4 is 4.90 Å². The molecule has 0 spiro atoms. The van der Waals surface area contributed by atoms with E-state index in [1.807, 2.05) is 23.1 Å². The van der Waals surface area contributed by atoms with Crippen LogP contribution in [0, 0.1) is 11.7 Å². The van der Waals surface area contributed by atoms with E-state index < -0.39 is 6.04 Å². The number of para-hydroxylation sites is 1. The number of benzene rings is 2. The molecule has 2 aromatic carbocycles. The van der Waals surface area contributed by atoms with Crippen LogP contribution in [-0.4, -0.2) is 54.8 Å². The van der Waals surface area contributed by atoms with E-state index in [0.29, 0.717) is 31.5 Å². The Kier molecular flexibility index (Phi) is 5.51. The predicted molar refractivity (Wildman–Crippen MR) is 110 cm³/mol. The second-order valence-electron chi connectivity index (χ2n) is 7.80. The van der Waals surface area contributed by atoms with E-state index in [9.17, 15) is 14.0 Å². The van der Waals surface area contributed by atoms with Crippen molar-refractivity contribution in [1.82, 2.24) is 9.80 Å². The Labute approximate surface area is 170 Å². The number of hydrogen-bond acceptors (Lipinski definition) is 3. The number of anilines is 1. The molecule has 2 fully saturated rings. The highest BCUT2D eigenvalue weighted by Gasteiger charge is 2.41. The Hall–Kier alpha value is -2.89. The molecule has 29 heavy (non-hydrogen) atoms. The van der Waals surface area contributed by atoms with Crippen molar-refractivity contribution in [2.24, 2.45) is 5.92 Å². The molecular formula is C23H26FN3O2. The lowest BCUT2D eigenvalue weighted by Crippen LogP contribution is -2.53. The Morgan fingerprint density at radius 3 is 2.41 bits per heavy atom. The van der Waals surface area contributed by atoms with Crippen molar-refractivity contribution < 1.29 is 14.0 Å². The fourth-order valence-corrected chi connectivity index (χ4v) is 4.50. The molecule has 2 saturated heterocycles. The number of carbonyl (C=O) groups excluding carboxylic acids is 2. The minimum absolute atomic E-state index is 0.00259. The lowest BCUT2D eigenvalue weighted by atomic mass is 9.83. The first-order valence-electron chi connectivity index (χ1n) is 10.1. The molecule has 0 bridgehead atoms. The second kappa shape index (κ2) is 8.23. The van der Waals surface area contributed by atoms with Crippen LogP contribution in [0.1, 0.15) is 24.4 Å². The number of rotatable bonds is 3. The summed E-state index contributed by atoms with van der Waals surface area (Å²) in [6.07, 6.45) is 0.852. The lowest BCUT2D eigenvalue weighted by Gasteiger charge is -2.43. The zero-order chi connectivity index (χ0) is 20.4. The smallest absolute Gasteiger partial charge is 0.228 e. The third kappa shape index (κ3) is 3.97. The molecule has 0 saturated carbocycles. The first-order chi connectivity index (χ1) is 14.0. The molecule has 2 aliphatic rings. The van der Waals surface area contributed by atoms with Crippen LogP contribution in [0.25, 0.3) is 0 Å². The summed E-state index contributed by atoms with van der Waals surface area (Å²) in [5, 5.41) is 0. The van der Waals surface area contributed by atoms with Crippen molar-refractivity contribution >= 4 is 17.5 Å². The maximum absolute atomic E-state index is 13.8. The Morgan fingerprint density at radius 1 is 1.00 bits per heavy atom. The summed E-state index contributed by atoms with van der Waals surface area (Å²) in [5.74, 6) is -0.636. The number of piperidine rings is 1. The highest BCUT2D eigenvalue weighted by Crippen LogP contribution is 2.37. The van der Waals surface area contributed by atoms with Crippen molar-refractivity contribution in [2.45, 2.75) is 18.9 Å². The number of carbonyl (C=O) groups is 2. The Bertz CT molecular complexity index is 881. The van der Waals surface area contributed by atoms with Gasteiger partial charge >= 0.3 is 0 Å². The number of piperazine rings is 1. The second-order valence-corrected chi connectivity index (χ2v) is 7.80. The van der Waals surface area contributed by atoms with Gasteiger partial charge in [-0.25, -0.2) is 4.39 Å². The van der Waals surface area contributed by atoms with Gasteiger partial charge in [-0.15, -0.1) is 0 Å². The Morgan fingerprint density at radius 2 is 1.72 bits per heavy atom. The molecule has 152 valence electrons. The molecule has 0 aromatic heterocycles. The van der Waals surface area contributed by atoms with E-state index in [4.69, 9.17) is 0 Å². The van der Waals surface area contributed by atoms with E-state index >= 15 is 0 Å². The van der Waals surface area contributed by atoms with Crippen molar-refractivity contribution in [2.75, 3.05) is 38.1 Å². The molecular weight excluding hydrogens is 369 g/mol. The normalized spacial score (nSPS) is 22.7. The minimum atomic E-state index is -0.424. The SMILES string of the molecule is CN1C(=O)CC[C@@H](C(=O)N2CCN(c3ccccc3)CC2)[C@@H]1c1cccc(F)c1. The third-order valence-electron chi connectivity index (χ3n) is 6.08. The van der Waals surface area contributed by atoms with Crippen molar-refractivity contribution in [1.29, 1.82) is 0 Å². The summed E-state index contributed by atoms with van der Waals surface area (Å²) in [4.78, 5) is 31.5. The average molecular weight is 395 g/mol. The van der Waals surface area contributed by atoms with Gasteiger partial charge in [0.1, 0.15) is 5.82 Å². The van der Waals surface area contributed by atoms with Crippen LogP contribution in [0.2, 0.25) is 0 Å². The van der Waals surface area contributed by atoms with E-state index in [1.54, 1.807) is 24.1 Å². The van der Waals surface area contributed by atoms with Crippen LogP contribution in [0.15, 0.2) is 54.6 Å². The molecule has 2 aromatic rings. The van der Waals surface area contributed by atoms with Crippen molar-refractivity contribution in [3.05, 3.63) is 66.0 Å². The van der Waals surface area contributed by atoms with Gasteiger partial charge in [-0.3, -0.25) is 9.59 Å². The number of nitrogens with zero attached hydrogens (tertiary/aromatic N) is 3. The molecule has 5 nitrogen and oxygen atoms in total. The van der Waals surface area contributed by atoms with Crippen LogP contribution in [0.4, 0.5) is 10.1 Å². The minimum Gasteiger partial charge on any atom is -0.368 e. The average Bonchev–Trinajstić information content (AvgIpc) is 2.76. The first kappa shape index (κ1) is 19.4. The predicted octanol–water partition coefficient (Wildman–Crippen LogP) is 3.08.